The number of benzene rings is 2. The van der Waals surface area contributed by atoms with Crippen LogP contribution in [0.1, 0.15) is 50.9 Å². The van der Waals surface area contributed by atoms with Crippen molar-refractivity contribution in [1.82, 2.24) is 5.32 Å². The number of nitrogens with one attached hydrogen (secondary N) is 1. The molecule has 1 aromatic heterocycles. The summed E-state index contributed by atoms with van der Waals surface area (Å²) in [5.41, 5.74) is 4.04. The molecule has 0 bridgehead atoms. The molecule has 0 saturated heterocycles. The van der Waals surface area contributed by atoms with Crippen LogP contribution in [0.5, 0.6) is 23.0 Å². The van der Waals surface area contributed by atoms with Crippen molar-refractivity contribution in [1.29, 1.82) is 0 Å². The van der Waals surface area contributed by atoms with Crippen LogP contribution in [0.4, 0.5) is 5.00 Å². The van der Waals surface area contributed by atoms with Gasteiger partial charge < -0.3 is 29.2 Å². The van der Waals surface area contributed by atoms with Crippen molar-refractivity contribution in [3.63, 3.8) is 0 Å². The molecular weight excluding hydrogens is 464 g/mol. The molecule has 5 rings (SSSR count). The summed E-state index contributed by atoms with van der Waals surface area (Å²) in [6.07, 6.45) is 3.93. The van der Waals surface area contributed by atoms with Gasteiger partial charge in [-0.25, -0.2) is 0 Å². The lowest BCUT2D eigenvalue weighted by Crippen LogP contribution is -2.45. The molecule has 0 spiro atoms. The van der Waals surface area contributed by atoms with E-state index in [1.54, 1.807) is 39.8 Å². The van der Waals surface area contributed by atoms with Gasteiger partial charge in [-0.2, -0.15) is 0 Å². The van der Waals surface area contributed by atoms with E-state index in [0.717, 1.165) is 41.0 Å². The topological polar surface area (TPSA) is 69.3 Å². The third-order valence-corrected chi connectivity index (χ3v) is 8.07. The maximum Gasteiger partial charge on any atom is 0.256 e. The molecule has 2 heterocycles. The maximum absolute atomic E-state index is 13.4. The van der Waals surface area contributed by atoms with Gasteiger partial charge in [0.1, 0.15) is 11.2 Å². The largest absolute Gasteiger partial charge is 0.493 e. The van der Waals surface area contributed by atoms with Crippen molar-refractivity contribution >= 4 is 22.2 Å². The first-order chi connectivity index (χ1) is 17.1. The van der Waals surface area contributed by atoms with Gasteiger partial charge in [-0.15, -0.1) is 11.3 Å². The highest BCUT2D eigenvalue weighted by Crippen LogP contribution is 2.46. The number of carbonyl (C=O) groups excluding carboxylic acids is 1. The summed E-state index contributed by atoms with van der Waals surface area (Å²) in [6.45, 7) is 0.589. The van der Waals surface area contributed by atoms with E-state index in [-0.39, 0.29) is 12.1 Å². The summed E-state index contributed by atoms with van der Waals surface area (Å²) in [5.74, 6) is 2.63. The number of anilines is 1. The lowest BCUT2D eigenvalue weighted by molar-refractivity contribution is 0.0925. The Morgan fingerprint density at radius 2 is 1.54 bits per heavy atom. The number of carbonyl (C=O) groups is 1. The third-order valence-electron chi connectivity index (χ3n) is 6.74. The van der Waals surface area contributed by atoms with Crippen molar-refractivity contribution in [2.24, 2.45) is 0 Å². The standard InChI is InChI=1S/C27H30N2O5S/c1-31-19-11-9-16(13-21(19)33-3)15-29-25(17-10-12-20(32-2)22(14-17)34-4)28-26(30)24-18-7-5-6-8-23(18)35-27(24)29/h9-14,25H,5-8,15H2,1-4H3,(H,28,30)/t25-/m0/s1. The van der Waals surface area contributed by atoms with Crippen LogP contribution in [-0.4, -0.2) is 34.3 Å². The Labute approximate surface area is 209 Å². The van der Waals surface area contributed by atoms with E-state index in [1.807, 2.05) is 36.4 Å². The summed E-state index contributed by atoms with van der Waals surface area (Å²) in [7, 11) is 6.51. The summed E-state index contributed by atoms with van der Waals surface area (Å²) >= 11 is 1.76. The molecule has 1 aliphatic carbocycles. The number of aryl methyl sites for hydroxylation is 1. The zero-order valence-corrected chi connectivity index (χ0v) is 21.3. The first-order valence-electron chi connectivity index (χ1n) is 11.7. The zero-order chi connectivity index (χ0) is 24.5. The van der Waals surface area contributed by atoms with Crippen molar-refractivity contribution in [3.05, 3.63) is 63.5 Å². The third kappa shape index (κ3) is 4.16. The molecule has 1 atom stereocenters. The van der Waals surface area contributed by atoms with Crippen molar-refractivity contribution < 1.29 is 23.7 Å². The molecule has 8 heteroatoms. The molecule has 1 N–H and O–H groups in total. The minimum atomic E-state index is -0.358. The predicted octanol–water partition coefficient (Wildman–Crippen LogP) is 5.11. The molecule has 0 radical (unpaired) electrons. The van der Waals surface area contributed by atoms with Gasteiger partial charge in [0.25, 0.3) is 5.91 Å². The second kappa shape index (κ2) is 9.70. The van der Waals surface area contributed by atoms with E-state index in [4.69, 9.17) is 18.9 Å². The molecule has 7 nitrogen and oxygen atoms in total. The molecule has 184 valence electrons. The van der Waals surface area contributed by atoms with E-state index in [0.29, 0.717) is 29.5 Å². The maximum atomic E-state index is 13.4. The van der Waals surface area contributed by atoms with Crippen LogP contribution in [0.15, 0.2) is 36.4 Å². The van der Waals surface area contributed by atoms with Crippen LogP contribution in [0.3, 0.4) is 0 Å². The van der Waals surface area contributed by atoms with Crippen molar-refractivity contribution in [3.8, 4) is 23.0 Å². The van der Waals surface area contributed by atoms with Crippen LogP contribution in [0.2, 0.25) is 0 Å². The Bertz CT molecular complexity index is 1250. The van der Waals surface area contributed by atoms with E-state index in [9.17, 15) is 4.79 Å². The summed E-state index contributed by atoms with van der Waals surface area (Å²) < 4.78 is 22.0. The highest BCUT2D eigenvalue weighted by atomic mass is 32.1. The Morgan fingerprint density at radius 1 is 0.886 bits per heavy atom. The Balaban J connectivity index is 1.61. The van der Waals surface area contributed by atoms with Gasteiger partial charge >= 0.3 is 0 Å². The minimum Gasteiger partial charge on any atom is -0.493 e. The first kappa shape index (κ1) is 23.4. The quantitative estimate of drug-likeness (QED) is 0.492. The van der Waals surface area contributed by atoms with Crippen LogP contribution < -0.4 is 29.2 Å². The van der Waals surface area contributed by atoms with Crippen LogP contribution in [0.25, 0.3) is 0 Å². The van der Waals surface area contributed by atoms with Crippen molar-refractivity contribution in [2.45, 2.75) is 38.4 Å². The fourth-order valence-electron chi connectivity index (χ4n) is 5.00. The van der Waals surface area contributed by atoms with Gasteiger partial charge in [-0.3, -0.25) is 4.79 Å². The molecule has 1 amide bonds. The number of hydrogen-bond donors (Lipinski definition) is 1. The minimum absolute atomic E-state index is 0.0113. The normalized spacial score (nSPS) is 16.7. The van der Waals surface area contributed by atoms with E-state index >= 15 is 0 Å². The second-order valence-corrected chi connectivity index (χ2v) is 9.78. The summed E-state index contributed by atoms with van der Waals surface area (Å²) in [6, 6.07) is 11.7. The van der Waals surface area contributed by atoms with Gasteiger partial charge in [0.05, 0.1) is 34.0 Å². The van der Waals surface area contributed by atoms with Crippen LogP contribution in [0, 0.1) is 0 Å². The second-order valence-electron chi connectivity index (χ2n) is 8.70. The van der Waals surface area contributed by atoms with Crippen LogP contribution >= 0.6 is 11.3 Å². The lowest BCUT2D eigenvalue weighted by atomic mass is 9.94. The number of methoxy groups -OCH3 is 4. The molecule has 2 aliphatic rings. The van der Waals surface area contributed by atoms with Gasteiger partial charge in [0.15, 0.2) is 23.0 Å². The highest BCUT2D eigenvalue weighted by molar-refractivity contribution is 7.16. The van der Waals surface area contributed by atoms with E-state index in [1.165, 1.54) is 16.9 Å². The number of hydrogen-bond acceptors (Lipinski definition) is 7. The summed E-state index contributed by atoms with van der Waals surface area (Å²) in [5, 5.41) is 4.30. The van der Waals surface area contributed by atoms with Gasteiger partial charge in [0, 0.05) is 11.4 Å². The molecule has 0 unspecified atom stereocenters. The molecule has 0 saturated carbocycles. The van der Waals surface area contributed by atoms with Gasteiger partial charge in [0.2, 0.25) is 0 Å². The highest BCUT2D eigenvalue weighted by Gasteiger charge is 2.37. The number of amides is 1. The SMILES string of the molecule is COc1ccc(CN2c3sc4c(c3C(=O)N[C@@H]2c2ccc(OC)c(OC)c2)CCCC4)cc1OC. The van der Waals surface area contributed by atoms with Gasteiger partial charge in [-0.05, 0) is 66.6 Å². The first-order valence-corrected chi connectivity index (χ1v) is 12.5. The number of rotatable bonds is 7. The molecule has 35 heavy (non-hydrogen) atoms. The summed E-state index contributed by atoms with van der Waals surface area (Å²) in [4.78, 5) is 17.1. The monoisotopic (exact) mass is 494 g/mol. The Kier molecular flexibility index (Phi) is 6.47. The molecule has 3 aromatic rings. The number of fused-ring (bicyclic) bond motifs is 3. The molecule has 2 aromatic carbocycles. The molecule has 1 aliphatic heterocycles. The Hall–Kier alpha value is -3.39. The van der Waals surface area contributed by atoms with Crippen molar-refractivity contribution in [2.75, 3.05) is 33.3 Å². The smallest absolute Gasteiger partial charge is 0.256 e. The number of nitrogens with zero attached hydrogens (tertiary/aromatic N) is 1. The van der Waals surface area contributed by atoms with Crippen LogP contribution in [-0.2, 0) is 19.4 Å². The fraction of sp³-hybridized carbons (Fsp3) is 0.370. The Morgan fingerprint density at radius 3 is 2.26 bits per heavy atom. The average Bonchev–Trinajstić information content (AvgIpc) is 3.30. The fourth-order valence-corrected chi connectivity index (χ4v) is 6.42. The number of ether oxygens (including phenoxy) is 4. The average molecular weight is 495 g/mol. The molecule has 0 fully saturated rings. The van der Waals surface area contributed by atoms with E-state index < -0.39 is 0 Å². The van der Waals surface area contributed by atoms with Gasteiger partial charge in [-0.1, -0.05) is 12.1 Å². The zero-order valence-electron chi connectivity index (χ0n) is 20.5. The lowest BCUT2D eigenvalue weighted by Gasteiger charge is -2.38. The van der Waals surface area contributed by atoms with E-state index in [2.05, 4.69) is 10.2 Å². The number of thiophene rings is 1. The molecular formula is C27H30N2O5S. The predicted molar refractivity (Wildman–Crippen MR) is 136 cm³/mol.